The van der Waals surface area contributed by atoms with Crippen molar-refractivity contribution in [3.63, 3.8) is 0 Å². The molecule has 0 fully saturated rings. The maximum atomic E-state index is 12.5. The van der Waals surface area contributed by atoms with Gasteiger partial charge in [0.2, 0.25) is 5.91 Å². The van der Waals surface area contributed by atoms with Gasteiger partial charge in [-0.25, -0.2) is 4.68 Å². The first kappa shape index (κ1) is 22.3. The quantitative estimate of drug-likeness (QED) is 0.528. The molecule has 7 heteroatoms. The molecule has 1 aromatic heterocycles. The Morgan fingerprint density at radius 1 is 1.10 bits per heavy atom. The molecule has 0 bridgehead atoms. The molecule has 0 atom stereocenters. The Bertz CT molecular complexity index is 1100. The number of aromatic nitrogens is 2. The van der Waals surface area contributed by atoms with E-state index in [1.165, 1.54) is 6.08 Å². The van der Waals surface area contributed by atoms with E-state index in [1.807, 2.05) is 51.1 Å². The number of hydrogen-bond acceptors (Lipinski definition) is 3. The Labute approximate surface area is 186 Å². The van der Waals surface area contributed by atoms with Crippen LogP contribution in [0.3, 0.4) is 0 Å². The number of halogens is 1. The minimum Gasteiger partial charge on any atom is -0.350 e. The van der Waals surface area contributed by atoms with Crippen molar-refractivity contribution in [3.8, 4) is 0 Å². The highest BCUT2D eigenvalue weighted by Gasteiger charge is 2.14. The Kier molecular flexibility index (Phi) is 7.26. The second-order valence-electron chi connectivity index (χ2n) is 7.43. The van der Waals surface area contributed by atoms with E-state index in [1.54, 1.807) is 35.0 Å². The van der Waals surface area contributed by atoms with Crippen LogP contribution in [0, 0.1) is 6.92 Å². The molecular weight excluding hydrogens is 412 g/mol. The van der Waals surface area contributed by atoms with Crippen molar-refractivity contribution < 1.29 is 9.59 Å². The number of para-hydroxylation sites is 1. The molecule has 6 nitrogen and oxygen atoms in total. The maximum absolute atomic E-state index is 12.5. The zero-order chi connectivity index (χ0) is 22.4. The molecule has 0 saturated carbocycles. The predicted molar refractivity (Wildman–Crippen MR) is 124 cm³/mol. The number of benzene rings is 2. The van der Waals surface area contributed by atoms with Crippen LogP contribution in [0.15, 0.2) is 60.7 Å². The zero-order valence-corrected chi connectivity index (χ0v) is 18.5. The highest BCUT2D eigenvalue weighted by molar-refractivity contribution is 6.31. The van der Waals surface area contributed by atoms with Crippen molar-refractivity contribution in [2.45, 2.75) is 33.4 Å². The van der Waals surface area contributed by atoms with Gasteiger partial charge in [-0.15, -0.1) is 0 Å². The number of aryl methyl sites for hydroxylation is 1. The van der Waals surface area contributed by atoms with Crippen LogP contribution in [0.5, 0.6) is 0 Å². The molecule has 2 amide bonds. The summed E-state index contributed by atoms with van der Waals surface area (Å²) < 4.78 is 1.70. The van der Waals surface area contributed by atoms with Crippen LogP contribution in [-0.2, 0) is 11.3 Å². The van der Waals surface area contributed by atoms with E-state index >= 15 is 0 Å². The van der Waals surface area contributed by atoms with Gasteiger partial charge in [0.05, 0.1) is 23.5 Å². The van der Waals surface area contributed by atoms with Crippen molar-refractivity contribution in [1.29, 1.82) is 0 Å². The van der Waals surface area contributed by atoms with Gasteiger partial charge in [-0.1, -0.05) is 54.1 Å². The normalized spacial score (nSPS) is 11.1. The van der Waals surface area contributed by atoms with Gasteiger partial charge >= 0.3 is 0 Å². The molecular formula is C24H25ClN4O2. The number of carbonyl (C=O) groups excluding carboxylic acids is 2. The lowest BCUT2D eigenvalue weighted by Crippen LogP contribution is -2.30. The lowest BCUT2D eigenvalue weighted by atomic mass is 10.1. The summed E-state index contributed by atoms with van der Waals surface area (Å²) in [5.41, 5.74) is 3.33. The van der Waals surface area contributed by atoms with E-state index < -0.39 is 0 Å². The molecule has 31 heavy (non-hydrogen) atoms. The van der Waals surface area contributed by atoms with Crippen LogP contribution < -0.4 is 10.6 Å². The minimum atomic E-state index is -0.365. The van der Waals surface area contributed by atoms with Gasteiger partial charge in [-0.3, -0.25) is 9.59 Å². The third-order valence-corrected chi connectivity index (χ3v) is 4.93. The first-order valence-corrected chi connectivity index (χ1v) is 10.4. The molecule has 0 unspecified atom stereocenters. The van der Waals surface area contributed by atoms with Crippen LogP contribution in [0.2, 0.25) is 5.15 Å². The van der Waals surface area contributed by atoms with Crippen molar-refractivity contribution in [2.24, 2.45) is 0 Å². The fourth-order valence-corrected chi connectivity index (χ4v) is 3.38. The largest absolute Gasteiger partial charge is 0.350 e. The summed E-state index contributed by atoms with van der Waals surface area (Å²) in [4.78, 5) is 24.9. The van der Waals surface area contributed by atoms with E-state index in [0.29, 0.717) is 28.5 Å². The lowest BCUT2D eigenvalue weighted by molar-refractivity contribution is -0.111. The van der Waals surface area contributed by atoms with Crippen molar-refractivity contribution >= 4 is 35.2 Å². The predicted octanol–water partition coefficient (Wildman–Crippen LogP) is 4.68. The van der Waals surface area contributed by atoms with Crippen molar-refractivity contribution in [2.75, 3.05) is 5.32 Å². The van der Waals surface area contributed by atoms with E-state index in [4.69, 9.17) is 11.6 Å². The monoisotopic (exact) mass is 436 g/mol. The third kappa shape index (κ3) is 5.83. The topological polar surface area (TPSA) is 76.0 Å². The van der Waals surface area contributed by atoms with Crippen LogP contribution >= 0.6 is 11.6 Å². The summed E-state index contributed by atoms with van der Waals surface area (Å²) in [5, 5.41) is 10.5. The molecule has 0 aliphatic carbocycles. The standard InChI is InChI=1S/C24H25ClN4O2/c1-16(2)26-24(31)20-11-7-8-12-21(20)27-22(30)14-13-19-17(3)28-29(23(19)25)15-18-9-5-4-6-10-18/h4-14,16H,15H2,1-3H3,(H,26,31)(H,27,30)/b14-13+. The average Bonchev–Trinajstić information content (AvgIpc) is 2.99. The number of carbonyl (C=O) groups is 2. The molecule has 2 N–H and O–H groups in total. The number of nitrogens with one attached hydrogen (secondary N) is 2. The van der Waals surface area contributed by atoms with E-state index in [-0.39, 0.29) is 17.9 Å². The number of hydrogen-bond donors (Lipinski definition) is 2. The van der Waals surface area contributed by atoms with Crippen LogP contribution in [-0.4, -0.2) is 27.6 Å². The van der Waals surface area contributed by atoms with Gasteiger partial charge in [-0.2, -0.15) is 5.10 Å². The maximum Gasteiger partial charge on any atom is 0.253 e. The van der Waals surface area contributed by atoms with Gasteiger partial charge < -0.3 is 10.6 Å². The van der Waals surface area contributed by atoms with E-state index in [0.717, 1.165) is 11.3 Å². The fourth-order valence-electron chi connectivity index (χ4n) is 3.08. The second kappa shape index (κ2) is 10.1. The summed E-state index contributed by atoms with van der Waals surface area (Å²) >= 11 is 6.50. The highest BCUT2D eigenvalue weighted by atomic mass is 35.5. The second-order valence-corrected chi connectivity index (χ2v) is 7.79. The SMILES string of the molecule is Cc1nn(Cc2ccccc2)c(Cl)c1/C=C/C(=O)Nc1ccccc1C(=O)NC(C)C. The molecule has 0 spiro atoms. The first-order valence-electron chi connectivity index (χ1n) is 10.0. The van der Waals surface area contributed by atoms with Crippen LogP contribution in [0.4, 0.5) is 5.69 Å². The Balaban J connectivity index is 1.73. The highest BCUT2D eigenvalue weighted by Crippen LogP contribution is 2.22. The summed E-state index contributed by atoms with van der Waals surface area (Å²) in [7, 11) is 0. The van der Waals surface area contributed by atoms with Gasteiger partial charge in [-0.05, 0) is 44.5 Å². The van der Waals surface area contributed by atoms with Gasteiger partial charge in [0.1, 0.15) is 5.15 Å². The molecule has 3 aromatic rings. The summed E-state index contributed by atoms with van der Waals surface area (Å²) in [6.07, 6.45) is 3.03. The molecule has 160 valence electrons. The third-order valence-electron chi connectivity index (χ3n) is 4.54. The smallest absolute Gasteiger partial charge is 0.253 e. The Hall–Kier alpha value is -3.38. The number of rotatable bonds is 7. The molecule has 0 radical (unpaired) electrons. The molecule has 0 aliphatic rings. The number of anilines is 1. The lowest BCUT2D eigenvalue weighted by Gasteiger charge is -2.12. The van der Waals surface area contributed by atoms with E-state index in [2.05, 4.69) is 15.7 Å². The van der Waals surface area contributed by atoms with Crippen LogP contribution in [0.25, 0.3) is 6.08 Å². The van der Waals surface area contributed by atoms with Crippen molar-refractivity contribution in [3.05, 3.63) is 88.2 Å². The number of amides is 2. The van der Waals surface area contributed by atoms with Gasteiger partial charge in [0.15, 0.2) is 0 Å². The summed E-state index contributed by atoms with van der Waals surface area (Å²) in [6.45, 7) is 6.15. The van der Waals surface area contributed by atoms with Crippen molar-refractivity contribution in [1.82, 2.24) is 15.1 Å². The molecule has 1 heterocycles. The average molecular weight is 437 g/mol. The molecule has 0 aliphatic heterocycles. The summed E-state index contributed by atoms with van der Waals surface area (Å²) in [6, 6.07) is 16.8. The molecule has 3 rings (SSSR count). The number of nitrogens with zero attached hydrogens (tertiary/aromatic N) is 2. The minimum absolute atomic E-state index is 0.00584. The fraction of sp³-hybridized carbons (Fsp3) is 0.208. The zero-order valence-electron chi connectivity index (χ0n) is 17.7. The van der Waals surface area contributed by atoms with E-state index in [9.17, 15) is 9.59 Å². The Morgan fingerprint density at radius 2 is 1.77 bits per heavy atom. The Morgan fingerprint density at radius 3 is 2.48 bits per heavy atom. The van der Waals surface area contributed by atoms with Gasteiger partial charge in [0.25, 0.3) is 5.91 Å². The molecule has 0 saturated heterocycles. The summed E-state index contributed by atoms with van der Waals surface area (Å²) in [5.74, 6) is -0.605. The molecule has 2 aromatic carbocycles. The van der Waals surface area contributed by atoms with Gasteiger partial charge in [0, 0.05) is 17.7 Å². The van der Waals surface area contributed by atoms with Crippen LogP contribution in [0.1, 0.15) is 41.0 Å². The first-order chi connectivity index (χ1) is 14.8.